The average molecular weight is 338 g/mol. The number of hydrogen-bond donors (Lipinski definition) is 2. The molecule has 0 unspecified atom stereocenters. The zero-order chi connectivity index (χ0) is 17.5. The summed E-state index contributed by atoms with van der Waals surface area (Å²) in [6.45, 7) is 2.75. The topological polar surface area (TPSA) is 66.9 Å². The number of benzene rings is 1. The van der Waals surface area contributed by atoms with Gasteiger partial charge in [0.15, 0.2) is 5.69 Å². The van der Waals surface area contributed by atoms with Crippen LogP contribution < -0.4 is 10.6 Å². The molecule has 0 bridgehead atoms. The SMILES string of the molecule is Cc1ccc(CNc2ccc(C(=O)NC3CCCCCC3)nn2)cc1. The molecule has 1 amide bonds. The maximum absolute atomic E-state index is 12.3. The molecule has 1 aliphatic rings. The molecule has 0 radical (unpaired) electrons. The lowest BCUT2D eigenvalue weighted by atomic mass is 10.1. The molecule has 5 nitrogen and oxygen atoms in total. The molecule has 132 valence electrons. The largest absolute Gasteiger partial charge is 0.365 e. The third-order valence-electron chi connectivity index (χ3n) is 4.68. The summed E-state index contributed by atoms with van der Waals surface area (Å²) in [4.78, 5) is 12.3. The van der Waals surface area contributed by atoms with Gasteiger partial charge in [-0.3, -0.25) is 4.79 Å². The monoisotopic (exact) mass is 338 g/mol. The fourth-order valence-electron chi connectivity index (χ4n) is 3.13. The first kappa shape index (κ1) is 17.4. The Morgan fingerprint density at radius 1 is 1.00 bits per heavy atom. The van der Waals surface area contributed by atoms with Crippen LogP contribution in [0.2, 0.25) is 0 Å². The summed E-state index contributed by atoms with van der Waals surface area (Å²) in [5.74, 6) is 0.552. The van der Waals surface area contributed by atoms with Crippen LogP contribution in [0.5, 0.6) is 0 Å². The number of aryl methyl sites for hydroxylation is 1. The van der Waals surface area contributed by atoms with Crippen LogP contribution in [0.1, 0.15) is 60.1 Å². The third kappa shape index (κ3) is 5.28. The van der Waals surface area contributed by atoms with Crippen LogP contribution >= 0.6 is 0 Å². The van der Waals surface area contributed by atoms with Gasteiger partial charge in [-0.1, -0.05) is 55.5 Å². The second kappa shape index (κ2) is 8.60. The van der Waals surface area contributed by atoms with Crippen molar-refractivity contribution < 1.29 is 4.79 Å². The molecule has 1 aromatic carbocycles. The number of carbonyl (C=O) groups excluding carboxylic acids is 1. The van der Waals surface area contributed by atoms with Crippen molar-refractivity contribution in [1.29, 1.82) is 0 Å². The second-order valence-corrected chi connectivity index (χ2v) is 6.80. The number of rotatable bonds is 5. The molecule has 3 rings (SSSR count). The van der Waals surface area contributed by atoms with E-state index in [1.165, 1.54) is 36.8 Å². The number of nitrogens with zero attached hydrogens (tertiary/aromatic N) is 2. The number of carbonyl (C=O) groups is 1. The number of nitrogens with one attached hydrogen (secondary N) is 2. The van der Waals surface area contributed by atoms with Gasteiger partial charge in [0, 0.05) is 12.6 Å². The van der Waals surface area contributed by atoms with E-state index in [1.807, 2.05) is 6.07 Å². The maximum atomic E-state index is 12.3. The summed E-state index contributed by atoms with van der Waals surface area (Å²) in [6.07, 6.45) is 7.06. The Morgan fingerprint density at radius 3 is 2.36 bits per heavy atom. The molecule has 0 aliphatic heterocycles. The third-order valence-corrected chi connectivity index (χ3v) is 4.68. The van der Waals surface area contributed by atoms with Crippen LogP contribution in [-0.4, -0.2) is 22.1 Å². The molecular weight excluding hydrogens is 312 g/mol. The smallest absolute Gasteiger partial charge is 0.272 e. The summed E-state index contributed by atoms with van der Waals surface area (Å²) in [5, 5.41) is 14.5. The van der Waals surface area contributed by atoms with E-state index in [4.69, 9.17) is 0 Å². The maximum Gasteiger partial charge on any atom is 0.272 e. The molecule has 25 heavy (non-hydrogen) atoms. The molecule has 1 aliphatic carbocycles. The predicted octanol–water partition coefficient (Wildman–Crippen LogP) is 3.85. The van der Waals surface area contributed by atoms with Crippen molar-refractivity contribution in [2.45, 2.75) is 58.0 Å². The number of anilines is 1. The van der Waals surface area contributed by atoms with Crippen molar-refractivity contribution in [1.82, 2.24) is 15.5 Å². The average Bonchev–Trinajstić information content (AvgIpc) is 2.90. The zero-order valence-corrected chi connectivity index (χ0v) is 14.8. The van der Waals surface area contributed by atoms with Crippen molar-refractivity contribution in [3.63, 3.8) is 0 Å². The van der Waals surface area contributed by atoms with Gasteiger partial charge in [0.2, 0.25) is 0 Å². The Labute approximate surface area is 149 Å². The fourth-order valence-corrected chi connectivity index (χ4v) is 3.13. The molecule has 1 heterocycles. The zero-order valence-electron chi connectivity index (χ0n) is 14.8. The van der Waals surface area contributed by atoms with E-state index in [0.717, 1.165) is 12.8 Å². The van der Waals surface area contributed by atoms with E-state index in [-0.39, 0.29) is 11.9 Å². The van der Waals surface area contributed by atoms with Gasteiger partial charge >= 0.3 is 0 Å². The molecule has 1 aromatic heterocycles. The minimum atomic E-state index is -0.121. The first-order valence-corrected chi connectivity index (χ1v) is 9.15. The quantitative estimate of drug-likeness (QED) is 0.813. The summed E-state index contributed by atoms with van der Waals surface area (Å²) >= 11 is 0. The lowest BCUT2D eigenvalue weighted by Crippen LogP contribution is -2.35. The molecule has 2 aromatic rings. The number of hydrogen-bond acceptors (Lipinski definition) is 4. The Morgan fingerprint density at radius 2 is 1.72 bits per heavy atom. The molecule has 0 spiro atoms. The fraction of sp³-hybridized carbons (Fsp3) is 0.450. The second-order valence-electron chi connectivity index (χ2n) is 6.80. The normalized spacial score (nSPS) is 15.4. The van der Waals surface area contributed by atoms with Gasteiger partial charge in [0.25, 0.3) is 5.91 Å². The lowest BCUT2D eigenvalue weighted by molar-refractivity contribution is 0.0927. The lowest BCUT2D eigenvalue weighted by Gasteiger charge is -2.15. The van der Waals surface area contributed by atoms with E-state index in [9.17, 15) is 4.79 Å². The van der Waals surface area contributed by atoms with E-state index >= 15 is 0 Å². The molecule has 0 atom stereocenters. The molecule has 1 fully saturated rings. The van der Waals surface area contributed by atoms with Crippen LogP contribution in [0.4, 0.5) is 5.82 Å². The molecule has 2 N–H and O–H groups in total. The van der Waals surface area contributed by atoms with Gasteiger partial charge in [-0.2, -0.15) is 0 Å². The number of amides is 1. The Balaban J connectivity index is 1.52. The van der Waals surface area contributed by atoms with Crippen molar-refractivity contribution in [2.75, 3.05) is 5.32 Å². The standard InChI is InChI=1S/C20H26N4O/c1-15-8-10-16(11-9-15)14-21-19-13-12-18(23-24-19)20(25)22-17-6-4-2-3-5-7-17/h8-13,17H,2-7,14H2,1H3,(H,21,24)(H,22,25). The van der Waals surface area contributed by atoms with Crippen LogP contribution in [0, 0.1) is 6.92 Å². The van der Waals surface area contributed by atoms with Crippen molar-refractivity contribution in [3.8, 4) is 0 Å². The van der Waals surface area contributed by atoms with Crippen LogP contribution in [0.25, 0.3) is 0 Å². The van der Waals surface area contributed by atoms with E-state index in [0.29, 0.717) is 18.1 Å². The first-order chi connectivity index (χ1) is 12.2. The van der Waals surface area contributed by atoms with Gasteiger partial charge in [-0.05, 0) is 37.5 Å². The highest BCUT2D eigenvalue weighted by atomic mass is 16.2. The highest BCUT2D eigenvalue weighted by Gasteiger charge is 2.16. The molecule has 5 heteroatoms. The van der Waals surface area contributed by atoms with Gasteiger partial charge in [-0.25, -0.2) is 0 Å². The van der Waals surface area contributed by atoms with E-state index in [1.54, 1.807) is 6.07 Å². The van der Waals surface area contributed by atoms with E-state index < -0.39 is 0 Å². The summed E-state index contributed by atoms with van der Waals surface area (Å²) < 4.78 is 0. The highest BCUT2D eigenvalue weighted by Crippen LogP contribution is 2.17. The highest BCUT2D eigenvalue weighted by molar-refractivity contribution is 5.92. The number of aromatic nitrogens is 2. The van der Waals surface area contributed by atoms with E-state index in [2.05, 4.69) is 52.0 Å². The molecule has 0 saturated heterocycles. The van der Waals surface area contributed by atoms with Crippen LogP contribution in [0.3, 0.4) is 0 Å². The van der Waals surface area contributed by atoms with Crippen LogP contribution in [-0.2, 0) is 6.54 Å². The Kier molecular flexibility index (Phi) is 5.99. The van der Waals surface area contributed by atoms with Gasteiger partial charge in [0.05, 0.1) is 0 Å². The summed E-state index contributed by atoms with van der Waals surface area (Å²) in [6, 6.07) is 12.2. The van der Waals surface area contributed by atoms with Crippen molar-refractivity contribution in [2.24, 2.45) is 0 Å². The van der Waals surface area contributed by atoms with Crippen molar-refractivity contribution in [3.05, 3.63) is 53.2 Å². The first-order valence-electron chi connectivity index (χ1n) is 9.15. The van der Waals surface area contributed by atoms with Gasteiger partial charge in [-0.15, -0.1) is 10.2 Å². The van der Waals surface area contributed by atoms with Crippen molar-refractivity contribution >= 4 is 11.7 Å². The summed E-state index contributed by atoms with van der Waals surface area (Å²) in [5.41, 5.74) is 2.81. The summed E-state index contributed by atoms with van der Waals surface area (Å²) in [7, 11) is 0. The Hall–Kier alpha value is -2.43. The predicted molar refractivity (Wildman–Crippen MR) is 99.5 cm³/mol. The minimum absolute atomic E-state index is 0.121. The van der Waals surface area contributed by atoms with Gasteiger partial charge in [0.1, 0.15) is 5.82 Å². The minimum Gasteiger partial charge on any atom is -0.365 e. The van der Waals surface area contributed by atoms with Gasteiger partial charge < -0.3 is 10.6 Å². The molecule has 1 saturated carbocycles. The molecular formula is C20H26N4O. The Bertz CT molecular complexity index is 674. The van der Waals surface area contributed by atoms with Crippen LogP contribution in [0.15, 0.2) is 36.4 Å².